The lowest BCUT2D eigenvalue weighted by Gasteiger charge is -2.18. The second kappa shape index (κ2) is 8.48. The van der Waals surface area contributed by atoms with Crippen LogP contribution in [0.2, 0.25) is 0 Å². The summed E-state index contributed by atoms with van der Waals surface area (Å²) in [7, 11) is 0. The summed E-state index contributed by atoms with van der Waals surface area (Å²) in [6.45, 7) is 6.07. The number of thiophene rings is 1. The van der Waals surface area contributed by atoms with Crippen molar-refractivity contribution < 1.29 is 18.7 Å². The lowest BCUT2D eigenvalue weighted by molar-refractivity contribution is 0.0526. The molecule has 1 aliphatic carbocycles. The highest BCUT2D eigenvalue weighted by atomic mass is 32.1. The lowest BCUT2D eigenvalue weighted by atomic mass is 9.88. The van der Waals surface area contributed by atoms with Crippen LogP contribution in [0.5, 0.6) is 0 Å². The fourth-order valence-electron chi connectivity index (χ4n) is 3.88. The van der Waals surface area contributed by atoms with E-state index in [0.717, 1.165) is 30.4 Å². The minimum absolute atomic E-state index is 0.282. The Morgan fingerprint density at radius 1 is 1.27 bits per heavy atom. The Morgan fingerprint density at radius 2 is 2.03 bits per heavy atom. The number of hydrogen-bond acceptors (Lipinski definition) is 5. The molecule has 0 saturated carbocycles. The van der Waals surface area contributed by atoms with Crippen LogP contribution in [-0.2, 0) is 17.6 Å². The number of amides is 1. The van der Waals surface area contributed by atoms with Gasteiger partial charge in [-0.05, 0) is 50.7 Å². The van der Waals surface area contributed by atoms with Gasteiger partial charge in [-0.3, -0.25) is 4.79 Å². The van der Waals surface area contributed by atoms with Crippen molar-refractivity contribution in [3.05, 3.63) is 63.7 Å². The molecule has 2 heterocycles. The van der Waals surface area contributed by atoms with E-state index in [-0.39, 0.29) is 11.9 Å². The van der Waals surface area contributed by atoms with E-state index >= 15 is 0 Å². The fourth-order valence-corrected chi connectivity index (χ4v) is 5.27. The summed E-state index contributed by atoms with van der Waals surface area (Å²) in [5.41, 5.74) is 2.91. The van der Waals surface area contributed by atoms with Crippen LogP contribution >= 0.6 is 11.3 Å². The molecule has 5 nitrogen and oxygen atoms in total. The van der Waals surface area contributed by atoms with Crippen LogP contribution in [0.25, 0.3) is 11.3 Å². The third-order valence-electron chi connectivity index (χ3n) is 5.44. The maximum Gasteiger partial charge on any atom is 0.341 e. The molecular formula is C24H25NO4S. The van der Waals surface area contributed by atoms with E-state index in [1.165, 1.54) is 16.2 Å². The van der Waals surface area contributed by atoms with Gasteiger partial charge >= 0.3 is 5.97 Å². The molecule has 6 heteroatoms. The molecule has 1 aliphatic rings. The second-order valence-corrected chi connectivity index (χ2v) is 8.78. The van der Waals surface area contributed by atoms with E-state index in [4.69, 9.17) is 9.15 Å². The SMILES string of the molecule is CCOC(=O)c1c(NC(=O)c2cc(-c3ccccc3)oc2C)sc2c1CCC(C)C2. The van der Waals surface area contributed by atoms with Crippen molar-refractivity contribution in [1.82, 2.24) is 0 Å². The number of rotatable bonds is 5. The summed E-state index contributed by atoms with van der Waals surface area (Å²) in [6.07, 6.45) is 2.79. The Labute approximate surface area is 180 Å². The first-order valence-electron chi connectivity index (χ1n) is 10.3. The number of ether oxygens (including phenoxy) is 1. The summed E-state index contributed by atoms with van der Waals surface area (Å²) < 4.78 is 11.1. The van der Waals surface area contributed by atoms with E-state index in [1.807, 2.05) is 30.3 Å². The van der Waals surface area contributed by atoms with Gasteiger partial charge in [0.05, 0.1) is 17.7 Å². The molecule has 0 bridgehead atoms. The zero-order valence-electron chi connectivity index (χ0n) is 17.4. The van der Waals surface area contributed by atoms with E-state index < -0.39 is 0 Å². The van der Waals surface area contributed by atoms with Gasteiger partial charge < -0.3 is 14.5 Å². The predicted octanol–water partition coefficient (Wildman–Crippen LogP) is 5.87. The molecule has 30 heavy (non-hydrogen) atoms. The van der Waals surface area contributed by atoms with Crippen LogP contribution in [0.4, 0.5) is 5.00 Å². The summed E-state index contributed by atoms with van der Waals surface area (Å²) in [5, 5.41) is 3.53. The Bertz CT molecular complexity index is 1080. The van der Waals surface area contributed by atoms with Gasteiger partial charge in [-0.1, -0.05) is 37.3 Å². The topological polar surface area (TPSA) is 68.5 Å². The average Bonchev–Trinajstić information content (AvgIpc) is 3.28. The average molecular weight is 424 g/mol. The summed E-state index contributed by atoms with van der Waals surface area (Å²) in [4.78, 5) is 26.9. The quantitative estimate of drug-likeness (QED) is 0.521. The standard InChI is InChI=1S/C24H25NO4S/c1-4-28-24(27)21-17-11-10-14(2)12-20(17)30-23(21)25-22(26)18-13-19(29-15(18)3)16-8-6-5-7-9-16/h5-9,13-14H,4,10-12H2,1-3H3,(H,25,26). The molecule has 1 aromatic carbocycles. The van der Waals surface area contributed by atoms with Crippen LogP contribution in [0.15, 0.2) is 40.8 Å². The summed E-state index contributed by atoms with van der Waals surface area (Å²) in [5.74, 6) is 1.10. The van der Waals surface area contributed by atoms with Gasteiger partial charge in [0.2, 0.25) is 0 Å². The number of fused-ring (bicyclic) bond motifs is 1. The van der Waals surface area contributed by atoms with E-state index in [2.05, 4.69) is 12.2 Å². The Hall–Kier alpha value is -2.86. The van der Waals surface area contributed by atoms with Gasteiger partial charge in [-0.2, -0.15) is 0 Å². The first-order valence-corrected chi connectivity index (χ1v) is 11.1. The van der Waals surface area contributed by atoms with E-state index in [1.54, 1.807) is 19.9 Å². The zero-order valence-corrected chi connectivity index (χ0v) is 18.2. The predicted molar refractivity (Wildman–Crippen MR) is 118 cm³/mol. The second-order valence-electron chi connectivity index (χ2n) is 7.68. The van der Waals surface area contributed by atoms with Crippen molar-refractivity contribution in [3.63, 3.8) is 0 Å². The van der Waals surface area contributed by atoms with Crippen LogP contribution in [-0.4, -0.2) is 18.5 Å². The zero-order chi connectivity index (χ0) is 21.3. The number of esters is 1. The van der Waals surface area contributed by atoms with Crippen molar-refractivity contribution in [1.29, 1.82) is 0 Å². The third-order valence-corrected chi connectivity index (χ3v) is 6.61. The highest BCUT2D eigenvalue weighted by molar-refractivity contribution is 7.17. The van der Waals surface area contributed by atoms with Gasteiger partial charge in [0.1, 0.15) is 16.5 Å². The number of carbonyl (C=O) groups excluding carboxylic acids is 2. The summed E-state index contributed by atoms with van der Waals surface area (Å²) >= 11 is 1.49. The normalized spacial score (nSPS) is 15.5. The molecule has 0 saturated heterocycles. The van der Waals surface area contributed by atoms with Crippen molar-refractivity contribution in [2.75, 3.05) is 11.9 Å². The molecule has 4 rings (SSSR count). The first kappa shape index (κ1) is 20.4. The van der Waals surface area contributed by atoms with Crippen LogP contribution in [0.1, 0.15) is 57.2 Å². The minimum Gasteiger partial charge on any atom is -0.462 e. The maximum absolute atomic E-state index is 13.1. The minimum atomic E-state index is -0.367. The number of aryl methyl sites for hydroxylation is 1. The van der Waals surface area contributed by atoms with E-state index in [9.17, 15) is 9.59 Å². The molecular weight excluding hydrogens is 398 g/mol. The highest BCUT2D eigenvalue weighted by Gasteiger charge is 2.29. The highest BCUT2D eigenvalue weighted by Crippen LogP contribution is 2.40. The molecule has 0 spiro atoms. The summed E-state index contributed by atoms with van der Waals surface area (Å²) in [6, 6.07) is 11.4. The molecule has 156 valence electrons. The number of hydrogen-bond donors (Lipinski definition) is 1. The number of nitrogens with one attached hydrogen (secondary N) is 1. The van der Waals surface area contributed by atoms with Crippen molar-refractivity contribution in [2.45, 2.75) is 40.0 Å². The molecule has 3 aromatic rings. The fraction of sp³-hybridized carbons (Fsp3) is 0.333. The van der Waals surface area contributed by atoms with Gasteiger partial charge in [0.15, 0.2) is 0 Å². The van der Waals surface area contributed by atoms with Gasteiger partial charge in [-0.25, -0.2) is 4.79 Å². The molecule has 0 fully saturated rings. The van der Waals surface area contributed by atoms with Gasteiger partial charge in [-0.15, -0.1) is 11.3 Å². The van der Waals surface area contributed by atoms with Gasteiger partial charge in [0, 0.05) is 10.4 Å². The lowest BCUT2D eigenvalue weighted by Crippen LogP contribution is -2.16. The maximum atomic E-state index is 13.1. The molecule has 0 radical (unpaired) electrons. The monoisotopic (exact) mass is 423 g/mol. The number of anilines is 1. The molecule has 1 unspecified atom stereocenters. The molecule has 1 N–H and O–H groups in total. The Morgan fingerprint density at radius 3 is 2.77 bits per heavy atom. The Kier molecular flexibility index (Phi) is 5.77. The molecule has 1 amide bonds. The first-order chi connectivity index (χ1) is 14.5. The van der Waals surface area contributed by atoms with Crippen LogP contribution in [0.3, 0.4) is 0 Å². The number of furan rings is 1. The number of benzene rings is 1. The van der Waals surface area contributed by atoms with Crippen molar-refractivity contribution in [2.24, 2.45) is 5.92 Å². The van der Waals surface area contributed by atoms with Crippen LogP contribution < -0.4 is 5.32 Å². The molecule has 1 atom stereocenters. The number of carbonyl (C=O) groups is 2. The van der Waals surface area contributed by atoms with E-state index in [0.29, 0.717) is 40.2 Å². The largest absolute Gasteiger partial charge is 0.462 e. The van der Waals surface area contributed by atoms with Gasteiger partial charge in [0.25, 0.3) is 5.91 Å². The Balaban J connectivity index is 1.65. The molecule has 0 aliphatic heterocycles. The third kappa shape index (κ3) is 3.92. The van der Waals surface area contributed by atoms with Crippen molar-refractivity contribution in [3.8, 4) is 11.3 Å². The molecule has 2 aromatic heterocycles. The smallest absolute Gasteiger partial charge is 0.341 e. The van der Waals surface area contributed by atoms with Crippen molar-refractivity contribution >= 4 is 28.2 Å². The van der Waals surface area contributed by atoms with Crippen LogP contribution in [0, 0.1) is 12.8 Å².